The van der Waals surface area contributed by atoms with Gasteiger partial charge in [0.15, 0.2) is 11.5 Å². The first-order chi connectivity index (χ1) is 11.9. The third-order valence-electron chi connectivity index (χ3n) is 3.73. The topological polar surface area (TPSA) is 68.2 Å². The Morgan fingerprint density at radius 3 is 2.32 bits per heavy atom. The molecule has 0 heterocycles. The van der Waals surface area contributed by atoms with Crippen LogP contribution in [0, 0.1) is 0 Å². The number of carbonyl (C=O) groups excluding carboxylic acids is 1. The second-order valence-corrected chi connectivity index (χ2v) is 5.73. The van der Waals surface area contributed by atoms with E-state index in [1.54, 1.807) is 20.2 Å². The average molecular weight is 366 g/mol. The highest BCUT2D eigenvalue weighted by atomic mass is 35.5. The van der Waals surface area contributed by atoms with Gasteiger partial charge < -0.3 is 24.2 Å². The van der Waals surface area contributed by atoms with E-state index in [2.05, 4.69) is 0 Å². The van der Waals surface area contributed by atoms with E-state index in [9.17, 15) is 9.90 Å². The van der Waals surface area contributed by atoms with E-state index in [0.717, 1.165) is 5.56 Å². The van der Waals surface area contributed by atoms with E-state index in [1.807, 2.05) is 6.07 Å². The molecule has 2 rings (SSSR count). The number of hydrogen-bond acceptors (Lipinski definition) is 5. The van der Waals surface area contributed by atoms with Crippen LogP contribution in [0.5, 0.6) is 23.0 Å². The molecule has 25 heavy (non-hydrogen) atoms. The summed E-state index contributed by atoms with van der Waals surface area (Å²) in [5, 5.41) is 9.60. The van der Waals surface area contributed by atoms with Crippen molar-refractivity contribution in [2.45, 2.75) is 6.54 Å². The summed E-state index contributed by atoms with van der Waals surface area (Å²) in [7, 11) is 6.26. The number of aromatic hydroxyl groups is 1. The number of carbonyl (C=O) groups is 1. The van der Waals surface area contributed by atoms with Crippen molar-refractivity contribution in [3.63, 3.8) is 0 Å². The molecule has 0 unspecified atom stereocenters. The van der Waals surface area contributed by atoms with E-state index in [1.165, 1.54) is 37.3 Å². The van der Waals surface area contributed by atoms with Gasteiger partial charge in [-0.05, 0) is 30.3 Å². The molecule has 0 aliphatic heterocycles. The molecular weight excluding hydrogens is 346 g/mol. The van der Waals surface area contributed by atoms with Crippen LogP contribution >= 0.6 is 11.6 Å². The van der Waals surface area contributed by atoms with Crippen LogP contribution in [-0.4, -0.2) is 44.3 Å². The van der Waals surface area contributed by atoms with Crippen molar-refractivity contribution in [2.75, 3.05) is 28.4 Å². The zero-order chi connectivity index (χ0) is 18.6. The molecule has 0 aromatic heterocycles. The lowest BCUT2D eigenvalue weighted by atomic mass is 10.1. The highest BCUT2D eigenvalue weighted by molar-refractivity contribution is 6.32. The quantitative estimate of drug-likeness (QED) is 0.850. The normalized spacial score (nSPS) is 10.3. The summed E-state index contributed by atoms with van der Waals surface area (Å²) in [5.74, 6) is 1.21. The van der Waals surface area contributed by atoms with E-state index < -0.39 is 0 Å². The Hall–Kier alpha value is -2.60. The second kappa shape index (κ2) is 7.98. The minimum atomic E-state index is -0.237. The van der Waals surface area contributed by atoms with Gasteiger partial charge in [0.05, 0.1) is 26.4 Å². The first kappa shape index (κ1) is 18.7. The van der Waals surface area contributed by atoms with Gasteiger partial charge in [0.1, 0.15) is 5.75 Å². The van der Waals surface area contributed by atoms with Crippen LogP contribution < -0.4 is 14.2 Å². The van der Waals surface area contributed by atoms with Crippen molar-refractivity contribution >= 4 is 17.5 Å². The standard InChI is InChI=1S/C18H20ClNO5/c1-20(18(22)11-5-7-14(21)13(19)9-11)10-12-6-8-15(23-2)17(25-4)16(12)24-3/h5-9,21H,10H2,1-4H3. The molecule has 0 saturated carbocycles. The summed E-state index contributed by atoms with van der Waals surface area (Å²) in [5.41, 5.74) is 1.14. The summed E-state index contributed by atoms with van der Waals surface area (Å²) >= 11 is 5.87. The number of nitrogens with zero attached hydrogens (tertiary/aromatic N) is 1. The molecular formula is C18H20ClNO5. The minimum absolute atomic E-state index is 0.0672. The van der Waals surface area contributed by atoms with Crippen LogP contribution in [-0.2, 0) is 6.54 Å². The molecule has 1 N–H and O–H groups in total. The van der Waals surface area contributed by atoms with Crippen LogP contribution in [0.2, 0.25) is 5.02 Å². The molecule has 0 radical (unpaired) electrons. The maximum Gasteiger partial charge on any atom is 0.253 e. The lowest BCUT2D eigenvalue weighted by molar-refractivity contribution is 0.0784. The number of rotatable bonds is 6. The number of amides is 1. The summed E-state index contributed by atoms with van der Waals surface area (Å²) in [6, 6.07) is 7.91. The predicted octanol–water partition coefficient (Wildman–Crippen LogP) is 3.34. The molecule has 134 valence electrons. The smallest absolute Gasteiger partial charge is 0.253 e. The van der Waals surface area contributed by atoms with Crippen LogP contribution in [0.25, 0.3) is 0 Å². The highest BCUT2D eigenvalue weighted by Crippen LogP contribution is 2.40. The zero-order valence-electron chi connectivity index (χ0n) is 14.5. The Morgan fingerprint density at radius 2 is 1.76 bits per heavy atom. The lowest BCUT2D eigenvalue weighted by Gasteiger charge is -2.21. The van der Waals surface area contributed by atoms with Crippen LogP contribution in [0.4, 0.5) is 0 Å². The summed E-state index contributed by atoms with van der Waals surface area (Å²) in [6.45, 7) is 0.293. The molecule has 2 aromatic carbocycles. The number of phenols is 1. The Morgan fingerprint density at radius 1 is 1.08 bits per heavy atom. The van der Waals surface area contributed by atoms with Crippen molar-refractivity contribution in [3.05, 3.63) is 46.5 Å². The van der Waals surface area contributed by atoms with Crippen molar-refractivity contribution in [2.24, 2.45) is 0 Å². The lowest BCUT2D eigenvalue weighted by Crippen LogP contribution is -2.26. The fourth-order valence-corrected chi connectivity index (χ4v) is 2.66. The molecule has 0 atom stereocenters. The first-order valence-corrected chi connectivity index (χ1v) is 7.82. The molecule has 0 spiro atoms. The SMILES string of the molecule is COc1ccc(CN(C)C(=O)c2ccc(O)c(Cl)c2)c(OC)c1OC. The van der Waals surface area contributed by atoms with Crippen LogP contribution in [0.3, 0.4) is 0 Å². The first-order valence-electron chi connectivity index (χ1n) is 7.44. The van der Waals surface area contributed by atoms with E-state index >= 15 is 0 Å². The number of ether oxygens (including phenoxy) is 3. The number of hydrogen-bond donors (Lipinski definition) is 1. The molecule has 0 aliphatic carbocycles. The molecule has 7 heteroatoms. The average Bonchev–Trinajstić information content (AvgIpc) is 2.62. The van der Waals surface area contributed by atoms with Crippen LogP contribution in [0.1, 0.15) is 15.9 Å². The largest absolute Gasteiger partial charge is 0.506 e. The summed E-state index contributed by atoms with van der Waals surface area (Å²) < 4.78 is 16.0. The van der Waals surface area contributed by atoms with Crippen LogP contribution in [0.15, 0.2) is 30.3 Å². The van der Waals surface area contributed by atoms with E-state index in [4.69, 9.17) is 25.8 Å². The van der Waals surface area contributed by atoms with Crippen molar-refractivity contribution in [3.8, 4) is 23.0 Å². The maximum atomic E-state index is 12.6. The molecule has 0 bridgehead atoms. The molecule has 0 fully saturated rings. The van der Waals surface area contributed by atoms with Gasteiger partial charge in [-0.15, -0.1) is 0 Å². The predicted molar refractivity (Wildman–Crippen MR) is 95.0 cm³/mol. The van der Waals surface area contributed by atoms with Crippen molar-refractivity contribution < 1.29 is 24.1 Å². The third kappa shape index (κ3) is 3.91. The van der Waals surface area contributed by atoms with Gasteiger partial charge in [0.25, 0.3) is 5.91 Å². The summed E-state index contributed by atoms with van der Waals surface area (Å²) in [6.07, 6.45) is 0. The van der Waals surface area contributed by atoms with E-state index in [-0.39, 0.29) is 16.7 Å². The molecule has 6 nitrogen and oxygen atoms in total. The van der Waals surface area contributed by atoms with Gasteiger partial charge in [0.2, 0.25) is 5.75 Å². The minimum Gasteiger partial charge on any atom is -0.506 e. The van der Waals surface area contributed by atoms with Gasteiger partial charge in [-0.2, -0.15) is 0 Å². The second-order valence-electron chi connectivity index (χ2n) is 5.32. The third-order valence-corrected chi connectivity index (χ3v) is 4.04. The molecule has 0 aliphatic rings. The number of methoxy groups -OCH3 is 3. The Kier molecular flexibility index (Phi) is 5.98. The van der Waals surface area contributed by atoms with Gasteiger partial charge in [-0.25, -0.2) is 0 Å². The van der Waals surface area contributed by atoms with Gasteiger partial charge in [-0.3, -0.25) is 4.79 Å². The van der Waals surface area contributed by atoms with E-state index in [0.29, 0.717) is 29.4 Å². The Labute approximate surface area is 151 Å². The van der Waals surface area contributed by atoms with Gasteiger partial charge in [-0.1, -0.05) is 11.6 Å². The number of halogens is 1. The number of phenolic OH excluding ortho intramolecular Hbond substituents is 1. The molecule has 2 aromatic rings. The maximum absolute atomic E-state index is 12.6. The van der Waals surface area contributed by atoms with Crippen molar-refractivity contribution in [1.29, 1.82) is 0 Å². The van der Waals surface area contributed by atoms with Crippen molar-refractivity contribution in [1.82, 2.24) is 4.90 Å². The Bertz CT molecular complexity index is 778. The number of benzene rings is 2. The fourth-order valence-electron chi connectivity index (χ4n) is 2.48. The monoisotopic (exact) mass is 365 g/mol. The zero-order valence-corrected chi connectivity index (χ0v) is 15.3. The molecule has 1 amide bonds. The summed E-state index contributed by atoms with van der Waals surface area (Å²) in [4.78, 5) is 14.1. The van der Waals surface area contributed by atoms with Gasteiger partial charge in [0, 0.05) is 24.7 Å². The van der Waals surface area contributed by atoms with Gasteiger partial charge >= 0.3 is 0 Å². The molecule has 0 saturated heterocycles. The highest BCUT2D eigenvalue weighted by Gasteiger charge is 2.19. The Balaban J connectivity index is 2.29. The fraction of sp³-hybridized carbons (Fsp3) is 0.278.